The molecule has 0 aliphatic rings. The molecule has 0 saturated carbocycles. The van der Waals surface area contributed by atoms with Crippen molar-refractivity contribution in [1.82, 2.24) is 4.57 Å². The summed E-state index contributed by atoms with van der Waals surface area (Å²) < 4.78 is 2.23. The third-order valence-electron chi connectivity index (χ3n) is 3.19. The van der Waals surface area contributed by atoms with E-state index < -0.39 is 5.97 Å². The van der Waals surface area contributed by atoms with Crippen LogP contribution in [0.2, 0.25) is 0 Å². The normalized spacial score (nSPS) is 11.3. The van der Waals surface area contributed by atoms with Crippen LogP contribution in [0.3, 0.4) is 0 Å². The second-order valence-electron chi connectivity index (χ2n) is 5.06. The lowest BCUT2D eigenvalue weighted by Crippen LogP contribution is -2.07. The van der Waals surface area contributed by atoms with Gasteiger partial charge in [-0.2, -0.15) is 0 Å². The third-order valence-corrected chi connectivity index (χ3v) is 3.19. The summed E-state index contributed by atoms with van der Waals surface area (Å²) in [5.41, 5.74) is 3.53. The van der Waals surface area contributed by atoms with Crippen molar-refractivity contribution in [3.05, 3.63) is 35.5 Å². The van der Waals surface area contributed by atoms with E-state index in [1.54, 1.807) is 0 Å². The summed E-state index contributed by atoms with van der Waals surface area (Å²) in [4.78, 5) is 10.7. The van der Waals surface area contributed by atoms with Gasteiger partial charge in [0.25, 0.3) is 0 Å². The number of hydrogen-bond donors (Lipinski definition) is 1. The number of rotatable bonds is 4. The lowest BCUT2D eigenvalue weighted by molar-refractivity contribution is -0.136. The van der Waals surface area contributed by atoms with Crippen molar-refractivity contribution in [3.8, 4) is 0 Å². The van der Waals surface area contributed by atoms with E-state index in [2.05, 4.69) is 49.6 Å². The summed E-state index contributed by atoms with van der Waals surface area (Å²) in [5, 5.41) is 10.0. The van der Waals surface area contributed by atoms with Crippen molar-refractivity contribution in [1.29, 1.82) is 0 Å². The van der Waals surface area contributed by atoms with Gasteiger partial charge < -0.3 is 9.67 Å². The van der Waals surface area contributed by atoms with E-state index in [0.29, 0.717) is 12.5 Å². The number of carbonyl (C=O) groups is 1. The quantitative estimate of drug-likeness (QED) is 0.895. The zero-order chi connectivity index (χ0) is 13.3. The first-order valence-corrected chi connectivity index (χ1v) is 6.31. The average Bonchev–Trinajstić information content (AvgIpc) is 2.63. The molecule has 1 heterocycles. The molecule has 2 aromatic rings. The zero-order valence-electron chi connectivity index (χ0n) is 11.1. The lowest BCUT2D eigenvalue weighted by Gasteiger charge is -2.14. The van der Waals surface area contributed by atoms with Crippen LogP contribution < -0.4 is 0 Å². The minimum atomic E-state index is -0.744. The van der Waals surface area contributed by atoms with E-state index in [0.717, 1.165) is 5.69 Å². The first-order chi connectivity index (χ1) is 8.49. The minimum absolute atomic E-state index is 0.183. The predicted molar refractivity (Wildman–Crippen MR) is 73.0 cm³/mol. The molecule has 96 valence electrons. The first kappa shape index (κ1) is 12.7. The number of aromatic nitrogens is 1. The first-order valence-electron chi connectivity index (χ1n) is 6.31. The van der Waals surface area contributed by atoms with Gasteiger partial charge in [-0.15, -0.1) is 0 Å². The monoisotopic (exact) mass is 245 g/mol. The van der Waals surface area contributed by atoms with Gasteiger partial charge in [0.1, 0.15) is 0 Å². The SMILES string of the molecule is Cc1ccc2c(c1)cc(CCC(=O)O)n2C(C)C. The molecule has 3 nitrogen and oxygen atoms in total. The highest BCUT2D eigenvalue weighted by Crippen LogP contribution is 2.25. The van der Waals surface area contributed by atoms with Crippen LogP contribution in [-0.4, -0.2) is 15.6 Å². The van der Waals surface area contributed by atoms with Gasteiger partial charge in [-0.1, -0.05) is 11.6 Å². The summed E-state index contributed by atoms with van der Waals surface area (Å²) in [7, 11) is 0. The number of aliphatic carboxylic acids is 1. The Labute approximate surface area is 107 Å². The molecule has 1 aromatic carbocycles. The maximum absolute atomic E-state index is 10.7. The summed E-state index contributed by atoms with van der Waals surface area (Å²) >= 11 is 0. The van der Waals surface area contributed by atoms with Gasteiger partial charge in [-0.05, 0) is 45.4 Å². The molecule has 0 aliphatic heterocycles. The van der Waals surface area contributed by atoms with Crippen LogP contribution in [0.25, 0.3) is 10.9 Å². The van der Waals surface area contributed by atoms with Gasteiger partial charge in [0.2, 0.25) is 0 Å². The summed E-state index contributed by atoms with van der Waals surface area (Å²) in [6.07, 6.45) is 0.767. The highest BCUT2D eigenvalue weighted by atomic mass is 16.4. The highest BCUT2D eigenvalue weighted by Gasteiger charge is 2.12. The van der Waals surface area contributed by atoms with Crippen LogP contribution in [0, 0.1) is 6.92 Å². The van der Waals surface area contributed by atoms with E-state index in [-0.39, 0.29) is 6.42 Å². The maximum Gasteiger partial charge on any atom is 0.303 e. The van der Waals surface area contributed by atoms with Crippen LogP contribution in [0.1, 0.15) is 37.6 Å². The molecule has 0 aliphatic carbocycles. The van der Waals surface area contributed by atoms with E-state index in [9.17, 15) is 4.79 Å². The number of benzene rings is 1. The summed E-state index contributed by atoms with van der Waals surface area (Å²) in [6.45, 7) is 6.33. The Bertz CT molecular complexity index is 581. The minimum Gasteiger partial charge on any atom is -0.481 e. The Kier molecular flexibility index (Phi) is 3.41. The number of carboxylic acid groups (broad SMARTS) is 1. The second-order valence-corrected chi connectivity index (χ2v) is 5.06. The van der Waals surface area contributed by atoms with Gasteiger partial charge in [0.05, 0.1) is 6.42 Å². The van der Waals surface area contributed by atoms with Gasteiger partial charge in [0.15, 0.2) is 0 Å². The fraction of sp³-hybridized carbons (Fsp3) is 0.400. The lowest BCUT2D eigenvalue weighted by atomic mass is 10.1. The van der Waals surface area contributed by atoms with Crippen molar-refractivity contribution in [2.75, 3.05) is 0 Å². The standard InChI is InChI=1S/C15H19NO2/c1-10(2)16-13(5-7-15(17)18)9-12-8-11(3)4-6-14(12)16/h4,6,8-10H,5,7H2,1-3H3,(H,17,18). The van der Waals surface area contributed by atoms with E-state index in [1.807, 2.05) is 0 Å². The van der Waals surface area contributed by atoms with Crippen LogP contribution in [0.5, 0.6) is 0 Å². The number of carboxylic acids is 1. The second kappa shape index (κ2) is 4.84. The van der Waals surface area contributed by atoms with E-state index in [1.165, 1.54) is 16.5 Å². The number of nitrogens with zero attached hydrogens (tertiary/aromatic N) is 1. The third kappa shape index (κ3) is 2.40. The Morgan fingerprint density at radius 1 is 1.33 bits per heavy atom. The van der Waals surface area contributed by atoms with Gasteiger partial charge in [-0.25, -0.2) is 0 Å². The maximum atomic E-state index is 10.7. The van der Waals surface area contributed by atoms with Crippen molar-refractivity contribution in [2.24, 2.45) is 0 Å². The van der Waals surface area contributed by atoms with E-state index in [4.69, 9.17) is 5.11 Å². The molecule has 1 aromatic heterocycles. The molecule has 0 amide bonds. The molecular formula is C15H19NO2. The molecule has 1 N–H and O–H groups in total. The van der Waals surface area contributed by atoms with Gasteiger partial charge in [-0.3, -0.25) is 4.79 Å². The molecule has 0 bridgehead atoms. The summed E-state index contributed by atoms with van der Waals surface area (Å²) in [5.74, 6) is -0.744. The van der Waals surface area contributed by atoms with Crippen LogP contribution in [0.15, 0.2) is 24.3 Å². The Hall–Kier alpha value is -1.77. The molecule has 0 fully saturated rings. The number of hydrogen-bond acceptors (Lipinski definition) is 1. The molecular weight excluding hydrogens is 226 g/mol. The summed E-state index contributed by atoms with van der Waals surface area (Å²) in [6, 6.07) is 8.83. The Morgan fingerprint density at radius 3 is 2.67 bits per heavy atom. The largest absolute Gasteiger partial charge is 0.481 e. The fourth-order valence-corrected chi connectivity index (χ4v) is 2.45. The van der Waals surface area contributed by atoms with Gasteiger partial charge in [0, 0.05) is 22.6 Å². The van der Waals surface area contributed by atoms with Crippen molar-refractivity contribution < 1.29 is 9.90 Å². The molecule has 0 saturated heterocycles. The van der Waals surface area contributed by atoms with Crippen molar-refractivity contribution >= 4 is 16.9 Å². The number of fused-ring (bicyclic) bond motifs is 1. The van der Waals surface area contributed by atoms with Crippen LogP contribution >= 0.6 is 0 Å². The number of aryl methyl sites for hydroxylation is 2. The highest BCUT2D eigenvalue weighted by molar-refractivity contribution is 5.82. The zero-order valence-corrected chi connectivity index (χ0v) is 11.1. The Morgan fingerprint density at radius 2 is 2.06 bits per heavy atom. The molecule has 3 heteroatoms. The fourth-order valence-electron chi connectivity index (χ4n) is 2.45. The Balaban J connectivity index is 2.50. The predicted octanol–water partition coefficient (Wildman–Crippen LogP) is 3.55. The van der Waals surface area contributed by atoms with Crippen molar-refractivity contribution in [3.63, 3.8) is 0 Å². The van der Waals surface area contributed by atoms with Crippen molar-refractivity contribution in [2.45, 2.75) is 39.7 Å². The molecule has 0 atom stereocenters. The molecule has 0 unspecified atom stereocenters. The van der Waals surface area contributed by atoms with Gasteiger partial charge >= 0.3 is 5.97 Å². The molecule has 0 spiro atoms. The molecule has 2 rings (SSSR count). The average molecular weight is 245 g/mol. The smallest absolute Gasteiger partial charge is 0.303 e. The van der Waals surface area contributed by atoms with Crippen LogP contribution in [-0.2, 0) is 11.2 Å². The van der Waals surface area contributed by atoms with E-state index >= 15 is 0 Å². The molecule has 0 radical (unpaired) electrons. The topological polar surface area (TPSA) is 42.2 Å². The van der Waals surface area contributed by atoms with Crippen LogP contribution in [0.4, 0.5) is 0 Å². The molecule has 18 heavy (non-hydrogen) atoms.